The number of rotatable bonds is 6. The van der Waals surface area contributed by atoms with E-state index in [1.54, 1.807) is 0 Å². The minimum atomic E-state index is 0.412. The van der Waals surface area contributed by atoms with Crippen molar-refractivity contribution in [1.82, 2.24) is 0 Å². The predicted molar refractivity (Wildman–Crippen MR) is 101 cm³/mol. The SMILES string of the molecule is CC(CC1CC2CCC1CC2)OCCc1ccc2ccccc2c1. The molecule has 0 heterocycles. The van der Waals surface area contributed by atoms with Gasteiger partial charge in [0, 0.05) is 0 Å². The first-order chi connectivity index (χ1) is 11.8. The maximum Gasteiger partial charge on any atom is 0.0549 e. The highest BCUT2D eigenvalue weighted by atomic mass is 16.5. The highest BCUT2D eigenvalue weighted by Gasteiger charge is 2.35. The average Bonchev–Trinajstić information content (AvgIpc) is 2.62. The summed E-state index contributed by atoms with van der Waals surface area (Å²) in [5, 5.41) is 2.66. The maximum atomic E-state index is 6.17. The van der Waals surface area contributed by atoms with Crippen molar-refractivity contribution in [3.63, 3.8) is 0 Å². The first-order valence-corrected chi connectivity index (χ1v) is 9.87. The van der Waals surface area contributed by atoms with Crippen LogP contribution in [-0.4, -0.2) is 12.7 Å². The van der Waals surface area contributed by atoms with Crippen LogP contribution < -0.4 is 0 Å². The highest BCUT2D eigenvalue weighted by Crippen LogP contribution is 2.46. The van der Waals surface area contributed by atoms with Crippen molar-refractivity contribution in [1.29, 1.82) is 0 Å². The quantitative estimate of drug-likeness (QED) is 0.633. The molecular weight excluding hydrogens is 292 g/mol. The molecule has 2 unspecified atom stereocenters. The van der Waals surface area contributed by atoms with Gasteiger partial charge in [-0.3, -0.25) is 0 Å². The zero-order valence-corrected chi connectivity index (χ0v) is 14.9. The molecule has 2 aromatic rings. The van der Waals surface area contributed by atoms with Crippen LogP contribution >= 0.6 is 0 Å². The second-order valence-electron chi connectivity index (χ2n) is 8.13. The Balaban J connectivity index is 1.25. The van der Waals surface area contributed by atoms with Gasteiger partial charge in [0.1, 0.15) is 0 Å². The summed E-state index contributed by atoms with van der Waals surface area (Å²) in [6.07, 6.45) is 10.2. The van der Waals surface area contributed by atoms with Crippen molar-refractivity contribution < 1.29 is 4.74 Å². The number of benzene rings is 2. The largest absolute Gasteiger partial charge is 0.378 e. The molecule has 2 aromatic carbocycles. The van der Waals surface area contributed by atoms with Gasteiger partial charge in [0.25, 0.3) is 0 Å². The maximum absolute atomic E-state index is 6.17. The lowest BCUT2D eigenvalue weighted by atomic mass is 9.63. The third-order valence-electron chi connectivity index (χ3n) is 6.44. The molecular formula is C23H30O. The summed E-state index contributed by atoms with van der Waals surface area (Å²) in [4.78, 5) is 0. The van der Waals surface area contributed by atoms with Crippen LogP contribution in [0.4, 0.5) is 0 Å². The first kappa shape index (κ1) is 16.1. The minimum Gasteiger partial charge on any atom is -0.378 e. The highest BCUT2D eigenvalue weighted by molar-refractivity contribution is 5.82. The molecule has 0 aliphatic heterocycles. The van der Waals surface area contributed by atoms with Gasteiger partial charge in [-0.15, -0.1) is 0 Å². The fraction of sp³-hybridized carbons (Fsp3) is 0.565. The summed E-state index contributed by atoms with van der Waals surface area (Å²) in [5.41, 5.74) is 1.39. The molecule has 0 radical (unpaired) electrons. The van der Waals surface area contributed by atoms with Gasteiger partial charge in [-0.1, -0.05) is 55.3 Å². The van der Waals surface area contributed by atoms with Gasteiger partial charge in [0.05, 0.1) is 12.7 Å². The molecule has 2 atom stereocenters. The summed E-state index contributed by atoms with van der Waals surface area (Å²) in [7, 11) is 0. The van der Waals surface area contributed by atoms with E-state index in [1.807, 2.05) is 0 Å². The van der Waals surface area contributed by atoms with E-state index in [0.717, 1.165) is 30.8 Å². The van der Waals surface area contributed by atoms with Crippen molar-refractivity contribution in [2.45, 2.75) is 58.0 Å². The molecule has 1 nitrogen and oxygen atoms in total. The van der Waals surface area contributed by atoms with E-state index in [1.165, 1.54) is 54.9 Å². The molecule has 3 fully saturated rings. The number of fused-ring (bicyclic) bond motifs is 4. The van der Waals surface area contributed by atoms with Crippen LogP contribution in [0.3, 0.4) is 0 Å². The van der Waals surface area contributed by atoms with E-state index in [9.17, 15) is 0 Å². The summed E-state index contributed by atoms with van der Waals surface area (Å²) >= 11 is 0. The van der Waals surface area contributed by atoms with Crippen LogP contribution in [0.15, 0.2) is 42.5 Å². The zero-order chi connectivity index (χ0) is 16.4. The number of hydrogen-bond donors (Lipinski definition) is 0. The molecule has 0 saturated heterocycles. The van der Waals surface area contributed by atoms with Crippen molar-refractivity contribution >= 4 is 10.8 Å². The Morgan fingerprint density at radius 2 is 1.79 bits per heavy atom. The Morgan fingerprint density at radius 3 is 2.54 bits per heavy atom. The third kappa shape index (κ3) is 3.67. The Morgan fingerprint density at radius 1 is 1.00 bits per heavy atom. The second-order valence-corrected chi connectivity index (χ2v) is 8.13. The second kappa shape index (κ2) is 7.27. The number of ether oxygens (including phenoxy) is 1. The fourth-order valence-electron chi connectivity index (χ4n) is 5.07. The van der Waals surface area contributed by atoms with Crippen molar-refractivity contribution in [3.8, 4) is 0 Å². The molecule has 2 bridgehead atoms. The zero-order valence-electron chi connectivity index (χ0n) is 14.9. The Kier molecular flexibility index (Phi) is 4.89. The van der Waals surface area contributed by atoms with Gasteiger partial charge in [-0.2, -0.15) is 0 Å². The van der Waals surface area contributed by atoms with Gasteiger partial charge >= 0.3 is 0 Å². The molecule has 0 N–H and O–H groups in total. The van der Waals surface area contributed by atoms with Crippen molar-refractivity contribution in [3.05, 3.63) is 48.0 Å². The number of hydrogen-bond acceptors (Lipinski definition) is 1. The molecule has 3 saturated carbocycles. The van der Waals surface area contributed by atoms with Crippen molar-refractivity contribution in [2.24, 2.45) is 17.8 Å². The lowest BCUT2D eigenvalue weighted by Crippen LogP contribution is -2.33. The molecule has 24 heavy (non-hydrogen) atoms. The summed E-state index contributed by atoms with van der Waals surface area (Å²) in [6, 6.07) is 15.4. The van der Waals surface area contributed by atoms with Crippen LogP contribution in [0.25, 0.3) is 10.8 Å². The van der Waals surface area contributed by atoms with E-state index in [0.29, 0.717) is 6.10 Å². The molecule has 1 heteroatoms. The Bertz CT molecular complexity index is 669. The van der Waals surface area contributed by atoms with Gasteiger partial charge in [0.2, 0.25) is 0 Å². The van der Waals surface area contributed by atoms with E-state index >= 15 is 0 Å². The van der Waals surface area contributed by atoms with Crippen LogP contribution in [0, 0.1) is 17.8 Å². The van der Waals surface area contributed by atoms with E-state index in [-0.39, 0.29) is 0 Å². The topological polar surface area (TPSA) is 9.23 Å². The normalized spacial score (nSPS) is 27.5. The molecule has 0 aromatic heterocycles. The third-order valence-corrected chi connectivity index (χ3v) is 6.44. The van der Waals surface area contributed by atoms with Crippen molar-refractivity contribution in [2.75, 3.05) is 6.61 Å². The molecule has 5 rings (SSSR count). The van der Waals surface area contributed by atoms with Crippen LogP contribution in [-0.2, 0) is 11.2 Å². The molecule has 0 spiro atoms. The Hall–Kier alpha value is -1.34. The molecule has 3 aliphatic carbocycles. The van der Waals surface area contributed by atoms with E-state index < -0.39 is 0 Å². The minimum absolute atomic E-state index is 0.412. The van der Waals surface area contributed by atoms with Crippen LogP contribution in [0.2, 0.25) is 0 Å². The molecule has 128 valence electrons. The lowest BCUT2D eigenvalue weighted by Gasteiger charge is -2.43. The average molecular weight is 322 g/mol. The summed E-state index contributed by atoms with van der Waals surface area (Å²) in [5.74, 6) is 2.97. The summed E-state index contributed by atoms with van der Waals surface area (Å²) in [6.45, 7) is 3.13. The summed E-state index contributed by atoms with van der Waals surface area (Å²) < 4.78 is 6.17. The van der Waals surface area contributed by atoms with Gasteiger partial charge in [-0.25, -0.2) is 0 Å². The van der Waals surface area contributed by atoms with E-state index in [4.69, 9.17) is 4.74 Å². The predicted octanol–water partition coefficient (Wildman–Crippen LogP) is 6.00. The molecule has 3 aliphatic rings. The monoisotopic (exact) mass is 322 g/mol. The molecule has 0 amide bonds. The van der Waals surface area contributed by atoms with Crippen LogP contribution in [0.5, 0.6) is 0 Å². The smallest absolute Gasteiger partial charge is 0.0549 e. The van der Waals surface area contributed by atoms with Gasteiger partial charge in [0.15, 0.2) is 0 Å². The van der Waals surface area contributed by atoms with Crippen LogP contribution in [0.1, 0.15) is 51.0 Å². The standard InChI is InChI=1S/C23H30O/c1-17(14-23-16-18-6-10-21(23)11-7-18)24-13-12-19-8-9-20-4-2-3-5-22(20)15-19/h2-5,8-9,15,17-18,21,23H,6-7,10-14,16H2,1H3. The Labute approximate surface area is 146 Å². The van der Waals surface area contributed by atoms with Gasteiger partial charge < -0.3 is 4.74 Å². The lowest BCUT2D eigenvalue weighted by molar-refractivity contribution is 0.0132. The van der Waals surface area contributed by atoms with Gasteiger partial charge in [-0.05, 0) is 73.1 Å². The fourth-order valence-corrected chi connectivity index (χ4v) is 5.07. The van der Waals surface area contributed by atoms with E-state index in [2.05, 4.69) is 49.4 Å². The first-order valence-electron chi connectivity index (χ1n) is 9.87.